The maximum atomic E-state index is 11.3. The molecule has 2 fully saturated rings. The van der Waals surface area contributed by atoms with Gasteiger partial charge in [0.05, 0.1) is 30.8 Å². The zero-order valence-electron chi connectivity index (χ0n) is 14.2. The highest BCUT2D eigenvalue weighted by Crippen LogP contribution is 2.32. The quantitative estimate of drug-likeness (QED) is 0.805. The van der Waals surface area contributed by atoms with E-state index in [9.17, 15) is 8.42 Å². The molecule has 0 aromatic carbocycles. The van der Waals surface area contributed by atoms with E-state index in [2.05, 4.69) is 14.7 Å². The zero-order chi connectivity index (χ0) is 17.2. The Kier molecular flexibility index (Phi) is 5.43. The first-order valence-electron chi connectivity index (χ1n) is 8.30. The van der Waals surface area contributed by atoms with E-state index >= 15 is 0 Å². The van der Waals surface area contributed by atoms with Gasteiger partial charge in [-0.1, -0.05) is 0 Å². The summed E-state index contributed by atoms with van der Waals surface area (Å²) in [5, 5.41) is 4.35. The van der Waals surface area contributed by atoms with E-state index in [1.807, 2.05) is 4.68 Å². The Morgan fingerprint density at radius 3 is 2.79 bits per heavy atom. The number of nitrogens with zero attached hydrogens (tertiary/aromatic N) is 3. The Bertz CT molecular complexity index is 642. The van der Waals surface area contributed by atoms with Crippen molar-refractivity contribution in [3.05, 3.63) is 12.4 Å². The highest BCUT2D eigenvalue weighted by atomic mass is 32.2. The Morgan fingerprint density at radius 2 is 2.12 bits per heavy atom. The zero-order valence-corrected chi connectivity index (χ0v) is 15.0. The van der Waals surface area contributed by atoms with Crippen LogP contribution in [0.2, 0.25) is 0 Å². The molecule has 136 valence electrons. The van der Waals surface area contributed by atoms with Crippen molar-refractivity contribution in [3.8, 4) is 0 Å². The number of likely N-dealkylation sites (tertiary alicyclic amines) is 1. The van der Waals surface area contributed by atoms with Gasteiger partial charge in [-0.3, -0.25) is 14.3 Å². The summed E-state index contributed by atoms with van der Waals surface area (Å²) in [5.41, 5.74) is 0.505. The monoisotopic (exact) mass is 358 g/mol. The van der Waals surface area contributed by atoms with Crippen molar-refractivity contribution in [2.45, 2.75) is 37.4 Å². The molecular weight excluding hydrogens is 332 g/mol. The lowest BCUT2D eigenvalue weighted by Gasteiger charge is -2.35. The van der Waals surface area contributed by atoms with Gasteiger partial charge in [-0.05, 0) is 19.3 Å². The van der Waals surface area contributed by atoms with Gasteiger partial charge in [-0.25, -0.2) is 8.42 Å². The summed E-state index contributed by atoms with van der Waals surface area (Å²) >= 11 is 0. The molecule has 1 aromatic heterocycles. The molecule has 0 unspecified atom stereocenters. The molecule has 9 heteroatoms. The maximum absolute atomic E-state index is 11.3. The van der Waals surface area contributed by atoms with E-state index in [4.69, 9.17) is 9.47 Å². The van der Waals surface area contributed by atoms with Crippen LogP contribution in [0.15, 0.2) is 12.4 Å². The SMILES string of the molecule is COC[C@@H]1C[C@H](n2cc(NS(C)(=O)=O)cn2)CN1C1CCOCC1. The predicted molar refractivity (Wildman–Crippen MR) is 90.6 cm³/mol. The van der Waals surface area contributed by atoms with Gasteiger partial charge in [0.15, 0.2) is 0 Å². The number of methoxy groups -OCH3 is 1. The molecule has 0 radical (unpaired) electrons. The minimum Gasteiger partial charge on any atom is -0.383 e. The van der Waals surface area contributed by atoms with E-state index in [0.717, 1.165) is 45.3 Å². The van der Waals surface area contributed by atoms with Crippen LogP contribution >= 0.6 is 0 Å². The van der Waals surface area contributed by atoms with E-state index in [-0.39, 0.29) is 6.04 Å². The molecule has 2 aliphatic heterocycles. The molecule has 0 amide bonds. The van der Waals surface area contributed by atoms with Gasteiger partial charge in [0.1, 0.15) is 0 Å². The first kappa shape index (κ1) is 17.7. The minimum absolute atomic E-state index is 0.225. The lowest BCUT2D eigenvalue weighted by Crippen LogP contribution is -2.44. The van der Waals surface area contributed by atoms with Gasteiger partial charge >= 0.3 is 0 Å². The Morgan fingerprint density at radius 1 is 1.38 bits per heavy atom. The van der Waals surface area contributed by atoms with E-state index in [1.54, 1.807) is 19.5 Å². The molecular formula is C15H26N4O4S. The van der Waals surface area contributed by atoms with Crippen molar-refractivity contribution in [1.29, 1.82) is 0 Å². The molecule has 2 atom stereocenters. The fourth-order valence-corrected chi connectivity index (χ4v) is 4.27. The Labute approximate surface area is 143 Å². The maximum Gasteiger partial charge on any atom is 0.229 e. The largest absolute Gasteiger partial charge is 0.383 e. The third kappa shape index (κ3) is 4.27. The van der Waals surface area contributed by atoms with E-state index < -0.39 is 10.0 Å². The van der Waals surface area contributed by atoms with Crippen LogP contribution in [0.4, 0.5) is 5.69 Å². The summed E-state index contributed by atoms with van der Waals surface area (Å²) in [6.07, 6.45) is 7.51. The number of ether oxygens (including phenoxy) is 2. The molecule has 24 heavy (non-hydrogen) atoms. The number of hydrogen-bond acceptors (Lipinski definition) is 6. The number of hydrogen-bond donors (Lipinski definition) is 1. The molecule has 2 aliphatic rings. The second-order valence-electron chi connectivity index (χ2n) is 6.62. The molecule has 3 heterocycles. The molecule has 3 rings (SSSR count). The first-order chi connectivity index (χ1) is 11.5. The third-order valence-electron chi connectivity index (χ3n) is 4.73. The van der Waals surface area contributed by atoms with Crippen molar-refractivity contribution in [3.63, 3.8) is 0 Å². The topological polar surface area (TPSA) is 85.7 Å². The normalized spacial score (nSPS) is 26.8. The van der Waals surface area contributed by atoms with Crippen molar-refractivity contribution in [2.75, 3.05) is 44.5 Å². The van der Waals surface area contributed by atoms with Crippen molar-refractivity contribution in [2.24, 2.45) is 0 Å². The Hall–Kier alpha value is -1.16. The average Bonchev–Trinajstić information content (AvgIpc) is 3.14. The van der Waals surface area contributed by atoms with E-state index in [1.165, 1.54) is 0 Å². The predicted octanol–water partition coefficient (Wildman–Crippen LogP) is 0.695. The van der Waals surface area contributed by atoms with Crippen LogP contribution in [0, 0.1) is 0 Å². The number of anilines is 1. The molecule has 2 saturated heterocycles. The summed E-state index contributed by atoms with van der Waals surface area (Å²) in [6, 6.07) is 1.11. The van der Waals surface area contributed by atoms with Gasteiger partial charge in [-0.15, -0.1) is 0 Å². The fourth-order valence-electron chi connectivity index (χ4n) is 3.73. The summed E-state index contributed by atoms with van der Waals surface area (Å²) < 4.78 is 37.9. The highest BCUT2D eigenvalue weighted by Gasteiger charge is 2.38. The van der Waals surface area contributed by atoms with Crippen LogP contribution in [0.5, 0.6) is 0 Å². The summed E-state index contributed by atoms with van der Waals surface area (Å²) in [7, 11) is -1.55. The third-order valence-corrected chi connectivity index (χ3v) is 5.34. The summed E-state index contributed by atoms with van der Waals surface area (Å²) in [4.78, 5) is 2.52. The molecule has 0 aliphatic carbocycles. The molecule has 1 N–H and O–H groups in total. The average molecular weight is 358 g/mol. The number of rotatable bonds is 6. The van der Waals surface area contributed by atoms with Crippen molar-refractivity contribution >= 4 is 15.7 Å². The van der Waals surface area contributed by atoms with Crippen LogP contribution in [-0.4, -0.2) is 74.9 Å². The van der Waals surface area contributed by atoms with Crippen LogP contribution < -0.4 is 4.72 Å². The molecule has 8 nitrogen and oxygen atoms in total. The standard InChI is InChI=1S/C15H26N4O4S/c1-22-11-15-7-14(10-18(15)13-3-5-23-6-4-13)19-9-12(8-16-19)17-24(2,20)21/h8-9,13-15,17H,3-7,10-11H2,1-2H3/t14-,15-/m0/s1. The number of nitrogens with one attached hydrogen (secondary N) is 1. The molecule has 0 saturated carbocycles. The second-order valence-corrected chi connectivity index (χ2v) is 8.37. The van der Waals surface area contributed by atoms with Crippen LogP contribution in [0.25, 0.3) is 0 Å². The molecule has 0 bridgehead atoms. The summed E-state index contributed by atoms with van der Waals surface area (Å²) in [6.45, 7) is 3.23. The van der Waals surface area contributed by atoms with E-state index in [0.29, 0.717) is 24.4 Å². The van der Waals surface area contributed by atoms with Crippen molar-refractivity contribution in [1.82, 2.24) is 14.7 Å². The highest BCUT2D eigenvalue weighted by molar-refractivity contribution is 7.92. The van der Waals surface area contributed by atoms with Crippen molar-refractivity contribution < 1.29 is 17.9 Å². The van der Waals surface area contributed by atoms with Gasteiger partial charge in [0.25, 0.3) is 0 Å². The lowest BCUT2D eigenvalue weighted by molar-refractivity contribution is 0.0139. The number of sulfonamides is 1. The first-order valence-corrected chi connectivity index (χ1v) is 10.2. The van der Waals surface area contributed by atoms with Gasteiger partial charge in [-0.2, -0.15) is 5.10 Å². The van der Waals surface area contributed by atoms with Gasteiger partial charge in [0.2, 0.25) is 10.0 Å². The van der Waals surface area contributed by atoms with Gasteiger partial charge in [0, 0.05) is 45.1 Å². The smallest absolute Gasteiger partial charge is 0.229 e. The Balaban J connectivity index is 1.70. The molecule has 0 spiro atoms. The lowest BCUT2D eigenvalue weighted by atomic mass is 10.1. The fraction of sp³-hybridized carbons (Fsp3) is 0.800. The number of aromatic nitrogens is 2. The van der Waals surface area contributed by atoms with Crippen LogP contribution in [0.3, 0.4) is 0 Å². The summed E-state index contributed by atoms with van der Waals surface area (Å²) in [5.74, 6) is 0. The minimum atomic E-state index is -3.28. The van der Waals surface area contributed by atoms with Crippen LogP contribution in [-0.2, 0) is 19.5 Å². The second kappa shape index (κ2) is 7.38. The molecule has 1 aromatic rings. The van der Waals surface area contributed by atoms with Crippen LogP contribution in [0.1, 0.15) is 25.3 Å². The van der Waals surface area contributed by atoms with Gasteiger partial charge < -0.3 is 9.47 Å².